The highest BCUT2D eigenvalue weighted by atomic mass is 35.5. The van der Waals surface area contributed by atoms with Gasteiger partial charge in [-0.3, -0.25) is 4.57 Å². The van der Waals surface area contributed by atoms with Crippen molar-refractivity contribution >= 4 is 28.6 Å². The average Bonchev–Trinajstić information content (AvgIpc) is 3.38. The van der Waals surface area contributed by atoms with Crippen LogP contribution in [0.5, 0.6) is 0 Å². The Labute approximate surface area is 171 Å². The third-order valence-corrected chi connectivity index (χ3v) is 5.19. The predicted molar refractivity (Wildman–Crippen MR) is 102 cm³/mol. The van der Waals surface area contributed by atoms with Gasteiger partial charge in [0.05, 0.1) is 6.33 Å². The monoisotopic (exact) mass is 423 g/mol. The highest BCUT2D eigenvalue weighted by Gasteiger charge is 2.47. The molecule has 0 aliphatic carbocycles. The second-order valence-electron chi connectivity index (χ2n) is 6.93. The van der Waals surface area contributed by atoms with E-state index in [1.54, 1.807) is 6.92 Å². The molecule has 1 saturated heterocycles. The summed E-state index contributed by atoms with van der Waals surface area (Å²) in [4.78, 5) is 17.0. The van der Waals surface area contributed by atoms with E-state index in [-0.39, 0.29) is 17.2 Å². The quantitative estimate of drug-likeness (QED) is 0.501. The van der Waals surface area contributed by atoms with Gasteiger partial charge in [-0.05, 0) is 31.4 Å². The minimum Gasteiger partial charge on any atom is -0.387 e. The van der Waals surface area contributed by atoms with Gasteiger partial charge in [0, 0.05) is 6.04 Å². The van der Waals surface area contributed by atoms with Crippen LogP contribution in [0.2, 0.25) is 5.28 Å². The molecule has 12 heteroatoms. The lowest BCUT2D eigenvalue weighted by atomic mass is 10.1. The minimum absolute atomic E-state index is 0.0322. The lowest BCUT2D eigenvalue weighted by molar-refractivity contribution is -0.0451. The molecular formula is C17H22ClN7O4. The van der Waals surface area contributed by atoms with E-state index in [2.05, 4.69) is 44.3 Å². The predicted octanol–water partition coefficient (Wildman–Crippen LogP) is 1.76. The molecule has 4 heterocycles. The van der Waals surface area contributed by atoms with E-state index in [0.29, 0.717) is 22.8 Å². The summed E-state index contributed by atoms with van der Waals surface area (Å²) in [5.74, 6) is 0.993. The number of aryl methyl sites for hydroxylation is 1. The summed E-state index contributed by atoms with van der Waals surface area (Å²) < 4.78 is 12.4. The molecule has 0 aromatic carbocycles. The third-order valence-electron chi connectivity index (χ3n) is 5.02. The van der Waals surface area contributed by atoms with Crippen molar-refractivity contribution < 1.29 is 19.5 Å². The number of anilines is 1. The van der Waals surface area contributed by atoms with Crippen molar-refractivity contribution in [3.8, 4) is 0 Å². The molecule has 3 aromatic rings. The van der Waals surface area contributed by atoms with E-state index in [0.717, 1.165) is 12.8 Å². The van der Waals surface area contributed by atoms with Gasteiger partial charge in [0.2, 0.25) is 5.28 Å². The Morgan fingerprint density at radius 3 is 2.62 bits per heavy atom. The molecule has 11 nitrogen and oxygen atoms in total. The van der Waals surface area contributed by atoms with Crippen LogP contribution in [-0.2, 0) is 4.74 Å². The van der Waals surface area contributed by atoms with Crippen molar-refractivity contribution in [3.63, 3.8) is 0 Å². The molecule has 4 rings (SSSR count). The number of aromatic nitrogens is 6. The molecule has 0 unspecified atom stereocenters. The molecule has 3 N–H and O–H groups in total. The molecule has 0 spiro atoms. The lowest BCUT2D eigenvalue weighted by Gasteiger charge is -2.18. The van der Waals surface area contributed by atoms with Gasteiger partial charge in [-0.1, -0.05) is 19.0 Å². The van der Waals surface area contributed by atoms with Crippen LogP contribution in [0.4, 0.5) is 5.82 Å². The van der Waals surface area contributed by atoms with E-state index >= 15 is 0 Å². The SMILES string of the molecule is CCC(CC)Nc1nc(Cl)nc2c1ncn2[C@@H]1O[C@H](c2nc(C)no2)[C@@H](O)[C@H]1O. The topological polar surface area (TPSA) is 144 Å². The molecular weight excluding hydrogens is 402 g/mol. The summed E-state index contributed by atoms with van der Waals surface area (Å²) in [5, 5.41) is 28.1. The second kappa shape index (κ2) is 7.82. The van der Waals surface area contributed by atoms with Gasteiger partial charge in [0.15, 0.2) is 35.1 Å². The molecule has 0 saturated carbocycles. The standard InChI is InChI=1S/C17H22ClN7O4/c1-4-8(5-2)21-13-9-14(23-17(18)22-13)25(6-19-9)16-11(27)10(26)12(28-16)15-20-7(3)24-29-15/h6,8,10-12,16,26-27H,4-5H2,1-3H3,(H,21,22,23)/t10-,11+,12-,16+/m0/s1. The Morgan fingerprint density at radius 1 is 1.21 bits per heavy atom. The van der Waals surface area contributed by atoms with Gasteiger partial charge >= 0.3 is 0 Å². The number of fused-ring (bicyclic) bond motifs is 1. The minimum atomic E-state index is -1.27. The summed E-state index contributed by atoms with van der Waals surface area (Å²) in [5.41, 5.74) is 0.862. The summed E-state index contributed by atoms with van der Waals surface area (Å²) >= 11 is 6.13. The number of ether oxygens (including phenoxy) is 1. The van der Waals surface area contributed by atoms with Gasteiger partial charge < -0.3 is 24.8 Å². The van der Waals surface area contributed by atoms with Gasteiger partial charge in [-0.15, -0.1) is 0 Å². The maximum atomic E-state index is 10.6. The van der Waals surface area contributed by atoms with E-state index in [4.69, 9.17) is 20.9 Å². The molecule has 0 radical (unpaired) electrons. The van der Waals surface area contributed by atoms with Crippen LogP contribution in [0, 0.1) is 6.92 Å². The van der Waals surface area contributed by atoms with Crippen molar-refractivity contribution in [2.45, 2.75) is 64.2 Å². The van der Waals surface area contributed by atoms with Crippen molar-refractivity contribution in [2.24, 2.45) is 0 Å². The summed E-state index contributed by atoms with van der Waals surface area (Å²) in [7, 11) is 0. The van der Waals surface area contributed by atoms with Crippen LogP contribution in [-0.4, -0.2) is 58.1 Å². The van der Waals surface area contributed by atoms with Crippen molar-refractivity contribution in [1.29, 1.82) is 0 Å². The molecule has 1 aliphatic rings. The lowest BCUT2D eigenvalue weighted by Crippen LogP contribution is -2.29. The number of aliphatic hydroxyl groups is 2. The van der Waals surface area contributed by atoms with Crippen LogP contribution in [0.15, 0.2) is 10.9 Å². The largest absolute Gasteiger partial charge is 0.387 e. The van der Waals surface area contributed by atoms with Crippen molar-refractivity contribution in [1.82, 2.24) is 29.7 Å². The molecule has 1 fully saturated rings. The van der Waals surface area contributed by atoms with Crippen LogP contribution in [0.3, 0.4) is 0 Å². The van der Waals surface area contributed by atoms with E-state index in [1.807, 2.05) is 0 Å². The Hall–Kier alpha value is -2.34. The second-order valence-corrected chi connectivity index (χ2v) is 7.27. The zero-order valence-corrected chi connectivity index (χ0v) is 16.9. The summed E-state index contributed by atoms with van der Waals surface area (Å²) in [6.45, 7) is 5.80. The van der Waals surface area contributed by atoms with Gasteiger partial charge in [0.25, 0.3) is 5.89 Å². The Kier molecular flexibility index (Phi) is 5.38. The summed E-state index contributed by atoms with van der Waals surface area (Å²) in [6.07, 6.45) is -1.21. The summed E-state index contributed by atoms with van der Waals surface area (Å²) in [6, 6.07) is 0.203. The van der Waals surface area contributed by atoms with E-state index in [1.165, 1.54) is 10.9 Å². The number of nitrogens with zero attached hydrogens (tertiary/aromatic N) is 6. The average molecular weight is 424 g/mol. The molecule has 4 atom stereocenters. The number of aliphatic hydroxyl groups excluding tert-OH is 2. The first-order valence-corrected chi connectivity index (χ1v) is 9.79. The molecule has 156 valence electrons. The Morgan fingerprint density at radius 2 is 1.97 bits per heavy atom. The highest BCUT2D eigenvalue weighted by Crippen LogP contribution is 2.39. The molecule has 29 heavy (non-hydrogen) atoms. The highest BCUT2D eigenvalue weighted by molar-refractivity contribution is 6.28. The normalized spacial score (nSPS) is 24.7. The first-order valence-electron chi connectivity index (χ1n) is 9.41. The smallest absolute Gasteiger partial charge is 0.258 e. The number of rotatable bonds is 6. The zero-order valence-electron chi connectivity index (χ0n) is 16.2. The fraction of sp³-hybridized carbons (Fsp3) is 0.588. The number of imidazole rings is 1. The van der Waals surface area contributed by atoms with Crippen LogP contribution in [0.25, 0.3) is 11.2 Å². The molecule has 0 amide bonds. The fourth-order valence-electron chi connectivity index (χ4n) is 3.39. The molecule has 1 aliphatic heterocycles. The number of halogens is 1. The maximum Gasteiger partial charge on any atom is 0.258 e. The fourth-order valence-corrected chi connectivity index (χ4v) is 3.55. The molecule has 3 aromatic heterocycles. The number of hydrogen-bond acceptors (Lipinski definition) is 10. The number of nitrogens with one attached hydrogen (secondary N) is 1. The van der Waals surface area contributed by atoms with Gasteiger partial charge in [-0.25, -0.2) is 4.98 Å². The van der Waals surface area contributed by atoms with Crippen LogP contribution < -0.4 is 5.32 Å². The zero-order chi connectivity index (χ0) is 20.7. The maximum absolute atomic E-state index is 10.6. The van der Waals surface area contributed by atoms with Gasteiger partial charge in [-0.2, -0.15) is 15.0 Å². The number of hydrogen-bond donors (Lipinski definition) is 3. The first-order chi connectivity index (χ1) is 13.9. The third kappa shape index (κ3) is 3.54. The van der Waals surface area contributed by atoms with Crippen molar-refractivity contribution in [3.05, 3.63) is 23.3 Å². The van der Waals surface area contributed by atoms with Crippen LogP contribution >= 0.6 is 11.6 Å². The Balaban J connectivity index is 1.70. The first kappa shape index (κ1) is 20.0. The van der Waals surface area contributed by atoms with Gasteiger partial charge in [0.1, 0.15) is 12.2 Å². The van der Waals surface area contributed by atoms with E-state index in [9.17, 15) is 10.2 Å². The Bertz CT molecular complexity index is 1000. The van der Waals surface area contributed by atoms with Crippen LogP contribution in [0.1, 0.15) is 50.7 Å². The molecule has 0 bridgehead atoms. The van der Waals surface area contributed by atoms with Crippen molar-refractivity contribution in [2.75, 3.05) is 5.32 Å². The van der Waals surface area contributed by atoms with E-state index < -0.39 is 24.5 Å².